The molecule has 0 aliphatic rings. The highest BCUT2D eigenvalue weighted by atomic mass is 16.2. The maximum Gasteiger partial charge on any atom is 0.272 e. The lowest BCUT2D eigenvalue weighted by atomic mass is 10.1. The van der Waals surface area contributed by atoms with E-state index in [4.69, 9.17) is 0 Å². The van der Waals surface area contributed by atoms with Gasteiger partial charge >= 0.3 is 0 Å². The van der Waals surface area contributed by atoms with E-state index in [0.29, 0.717) is 5.69 Å². The molecule has 0 saturated carbocycles. The number of nitrogens with one attached hydrogen (secondary N) is 1. The molecule has 0 fully saturated rings. The molecule has 1 N–H and O–H groups in total. The van der Waals surface area contributed by atoms with Crippen LogP contribution in [0.1, 0.15) is 48.3 Å². The third-order valence-electron chi connectivity index (χ3n) is 3.87. The van der Waals surface area contributed by atoms with E-state index in [2.05, 4.69) is 55.3 Å². The molecule has 4 nitrogen and oxygen atoms in total. The van der Waals surface area contributed by atoms with E-state index in [0.717, 1.165) is 38.2 Å². The van der Waals surface area contributed by atoms with Gasteiger partial charge in [0.15, 0.2) is 0 Å². The van der Waals surface area contributed by atoms with Gasteiger partial charge < -0.3 is 10.2 Å². The smallest absolute Gasteiger partial charge is 0.272 e. The van der Waals surface area contributed by atoms with Gasteiger partial charge in [-0.2, -0.15) is 0 Å². The highest BCUT2D eigenvalue weighted by Gasteiger charge is 2.15. The zero-order valence-electron chi connectivity index (χ0n) is 14.9. The SMILES string of the molecule is CCCN(CCC)C(=O)c1ccc(NCc2ccc(C)cc2)cn1. The van der Waals surface area contributed by atoms with Crippen LogP contribution >= 0.6 is 0 Å². The summed E-state index contributed by atoms with van der Waals surface area (Å²) in [4.78, 5) is 18.7. The van der Waals surface area contributed by atoms with Crippen molar-refractivity contribution in [3.8, 4) is 0 Å². The number of pyridine rings is 1. The number of carbonyl (C=O) groups excluding carboxylic acids is 1. The average Bonchev–Trinajstić information content (AvgIpc) is 2.61. The molecule has 1 amide bonds. The van der Waals surface area contributed by atoms with Crippen LogP contribution in [0.5, 0.6) is 0 Å². The standard InChI is InChI=1S/C20H27N3O/c1-4-12-23(13-5-2)20(24)19-11-10-18(15-22-19)21-14-17-8-6-16(3)7-9-17/h6-11,15,21H,4-5,12-14H2,1-3H3. The number of aromatic nitrogens is 1. The van der Waals surface area contributed by atoms with E-state index >= 15 is 0 Å². The third kappa shape index (κ3) is 5.08. The van der Waals surface area contributed by atoms with Crippen LogP contribution in [-0.4, -0.2) is 28.9 Å². The normalized spacial score (nSPS) is 10.5. The number of carbonyl (C=O) groups is 1. The summed E-state index contributed by atoms with van der Waals surface area (Å²) in [7, 11) is 0. The van der Waals surface area contributed by atoms with E-state index in [1.54, 1.807) is 12.3 Å². The van der Waals surface area contributed by atoms with E-state index in [9.17, 15) is 4.79 Å². The van der Waals surface area contributed by atoms with Crippen LogP contribution in [0.4, 0.5) is 5.69 Å². The van der Waals surface area contributed by atoms with Crippen LogP contribution in [-0.2, 0) is 6.54 Å². The fourth-order valence-corrected chi connectivity index (χ4v) is 2.55. The maximum atomic E-state index is 12.5. The van der Waals surface area contributed by atoms with Crippen molar-refractivity contribution in [2.45, 2.75) is 40.2 Å². The van der Waals surface area contributed by atoms with Crippen molar-refractivity contribution in [1.82, 2.24) is 9.88 Å². The van der Waals surface area contributed by atoms with Gasteiger partial charge in [0, 0.05) is 19.6 Å². The first-order chi connectivity index (χ1) is 11.6. The van der Waals surface area contributed by atoms with Gasteiger partial charge in [-0.15, -0.1) is 0 Å². The van der Waals surface area contributed by atoms with E-state index in [-0.39, 0.29) is 5.91 Å². The average molecular weight is 325 g/mol. The molecule has 1 aromatic carbocycles. The molecule has 0 atom stereocenters. The van der Waals surface area contributed by atoms with Gasteiger partial charge in [0.25, 0.3) is 5.91 Å². The molecule has 0 unspecified atom stereocenters. The summed E-state index contributed by atoms with van der Waals surface area (Å²) in [5, 5.41) is 3.34. The van der Waals surface area contributed by atoms with E-state index in [1.807, 2.05) is 11.0 Å². The molecule has 2 aromatic rings. The number of nitrogens with zero attached hydrogens (tertiary/aromatic N) is 2. The number of anilines is 1. The predicted octanol–water partition coefficient (Wildman–Crippen LogP) is 4.26. The van der Waals surface area contributed by atoms with Crippen LogP contribution < -0.4 is 5.32 Å². The first-order valence-corrected chi connectivity index (χ1v) is 8.68. The zero-order valence-corrected chi connectivity index (χ0v) is 14.9. The molecule has 0 aliphatic carbocycles. The number of hydrogen-bond donors (Lipinski definition) is 1. The molecule has 24 heavy (non-hydrogen) atoms. The molecule has 2 rings (SSSR count). The number of amides is 1. The number of aryl methyl sites for hydroxylation is 1. The molecular formula is C20H27N3O. The lowest BCUT2D eigenvalue weighted by Crippen LogP contribution is -2.33. The molecule has 128 valence electrons. The van der Waals surface area contributed by atoms with Crippen LogP contribution in [0.15, 0.2) is 42.6 Å². The Kier molecular flexibility index (Phi) is 6.79. The fourth-order valence-electron chi connectivity index (χ4n) is 2.55. The van der Waals surface area contributed by atoms with Gasteiger partial charge in [0.2, 0.25) is 0 Å². The second-order valence-corrected chi connectivity index (χ2v) is 6.06. The first-order valence-electron chi connectivity index (χ1n) is 8.68. The highest BCUT2D eigenvalue weighted by Crippen LogP contribution is 2.11. The van der Waals surface area contributed by atoms with Gasteiger partial charge in [-0.25, -0.2) is 4.98 Å². The molecule has 1 heterocycles. The molecule has 1 aromatic heterocycles. The summed E-state index contributed by atoms with van der Waals surface area (Å²) >= 11 is 0. The van der Waals surface area contributed by atoms with Crippen molar-refractivity contribution >= 4 is 11.6 Å². The second kappa shape index (κ2) is 9.06. The second-order valence-electron chi connectivity index (χ2n) is 6.06. The number of hydrogen-bond acceptors (Lipinski definition) is 3. The quantitative estimate of drug-likeness (QED) is 0.788. The summed E-state index contributed by atoms with van der Waals surface area (Å²) in [6.45, 7) is 8.55. The largest absolute Gasteiger partial charge is 0.380 e. The maximum absolute atomic E-state index is 12.5. The van der Waals surface area contributed by atoms with Crippen molar-refractivity contribution in [2.75, 3.05) is 18.4 Å². The Morgan fingerprint density at radius 1 is 1.04 bits per heavy atom. The Morgan fingerprint density at radius 3 is 2.25 bits per heavy atom. The molecule has 0 bridgehead atoms. The van der Waals surface area contributed by atoms with Gasteiger partial charge in [-0.3, -0.25) is 4.79 Å². The van der Waals surface area contributed by atoms with E-state index in [1.165, 1.54) is 11.1 Å². The number of rotatable bonds is 8. The minimum absolute atomic E-state index is 0.0174. The van der Waals surface area contributed by atoms with Crippen LogP contribution in [0.25, 0.3) is 0 Å². The molecule has 0 aliphatic heterocycles. The zero-order chi connectivity index (χ0) is 17.4. The summed E-state index contributed by atoms with van der Waals surface area (Å²) in [6.07, 6.45) is 3.65. The molecule has 0 spiro atoms. The lowest BCUT2D eigenvalue weighted by Gasteiger charge is -2.21. The van der Waals surface area contributed by atoms with E-state index < -0.39 is 0 Å². The Hall–Kier alpha value is -2.36. The minimum atomic E-state index is 0.0174. The summed E-state index contributed by atoms with van der Waals surface area (Å²) < 4.78 is 0. The van der Waals surface area contributed by atoms with Crippen molar-refractivity contribution in [3.63, 3.8) is 0 Å². The van der Waals surface area contributed by atoms with Gasteiger partial charge in [0.1, 0.15) is 5.69 Å². The van der Waals surface area contributed by atoms with Crippen LogP contribution in [0, 0.1) is 6.92 Å². The van der Waals surface area contributed by atoms with Crippen molar-refractivity contribution < 1.29 is 4.79 Å². The Morgan fingerprint density at radius 2 is 1.71 bits per heavy atom. The lowest BCUT2D eigenvalue weighted by molar-refractivity contribution is 0.0749. The first kappa shape index (κ1) is 18.0. The third-order valence-corrected chi connectivity index (χ3v) is 3.87. The van der Waals surface area contributed by atoms with Crippen molar-refractivity contribution in [1.29, 1.82) is 0 Å². The monoisotopic (exact) mass is 325 g/mol. The Balaban J connectivity index is 1.96. The summed E-state index contributed by atoms with van der Waals surface area (Å²) in [5.41, 5.74) is 3.91. The fraction of sp³-hybridized carbons (Fsp3) is 0.400. The predicted molar refractivity (Wildman–Crippen MR) is 99.2 cm³/mol. The highest BCUT2D eigenvalue weighted by molar-refractivity contribution is 5.92. The molecule has 0 saturated heterocycles. The van der Waals surface area contributed by atoms with Gasteiger partial charge in [-0.05, 0) is 37.5 Å². The van der Waals surface area contributed by atoms with Crippen molar-refractivity contribution in [2.24, 2.45) is 0 Å². The molecule has 0 radical (unpaired) electrons. The van der Waals surface area contributed by atoms with Gasteiger partial charge in [-0.1, -0.05) is 43.7 Å². The number of benzene rings is 1. The molecule has 4 heteroatoms. The topological polar surface area (TPSA) is 45.2 Å². The minimum Gasteiger partial charge on any atom is -0.380 e. The van der Waals surface area contributed by atoms with Crippen molar-refractivity contribution in [3.05, 3.63) is 59.4 Å². The summed E-state index contributed by atoms with van der Waals surface area (Å²) in [5.74, 6) is 0.0174. The van der Waals surface area contributed by atoms with Crippen LogP contribution in [0.3, 0.4) is 0 Å². The molecular weight excluding hydrogens is 298 g/mol. The van der Waals surface area contributed by atoms with Crippen LogP contribution in [0.2, 0.25) is 0 Å². The Labute approximate surface area is 144 Å². The Bertz CT molecular complexity index is 629. The van der Waals surface area contributed by atoms with Gasteiger partial charge in [0.05, 0.1) is 11.9 Å². The summed E-state index contributed by atoms with van der Waals surface area (Å²) in [6, 6.07) is 12.2.